The zero-order valence-electron chi connectivity index (χ0n) is 9.81. The fourth-order valence-corrected chi connectivity index (χ4v) is 1.93. The maximum absolute atomic E-state index is 12.5. The van der Waals surface area contributed by atoms with Crippen molar-refractivity contribution in [3.8, 4) is 0 Å². The average Bonchev–Trinajstić information content (AvgIpc) is 3.05. The predicted octanol–water partition coefficient (Wildman–Crippen LogP) is 3.75. The Hall–Kier alpha value is -1.04. The highest BCUT2D eigenvalue weighted by Gasteiger charge is 2.40. The van der Waals surface area contributed by atoms with Gasteiger partial charge in [0, 0.05) is 12.6 Å². The van der Waals surface area contributed by atoms with Gasteiger partial charge >= 0.3 is 6.18 Å². The van der Waals surface area contributed by atoms with E-state index < -0.39 is 12.0 Å². The molecule has 0 spiro atoms. The van der Waals surface area contributed by atoms with Crippen LogP contribution in [0.4, 0.5) is 19.0 Å². The van der Waals surface area contributed by atoms with Crippen LogP contribution >= 0.6 is 11.6 Å². The Balaban J connectivity index is 2.11. The Kier molecular flexibility index (Phi) is 3.40. The maximum atomic E-state index is 12.5. The van der Waals surface area contributed by atoms with Gasteiger partial charge in [-0.25, -0.2) is 9.97 Å². The summed E-state index contributed by atoms with van der Waals surface area (Å²) in [6.07, 6.45) is -1.38. The Bertz CT molecular complexity index is 444. The first-order valence-corrected chi connectivity index (χ1v) is 6.08. The number of aromatic nitrogens is 2. The minimum Gasteiger partial charge on any atom is -0.369 e. The fourth-order valence-electron chi connectivity index (χ4n) is 1.75. The number of hydrogen-bond acceptors (Lipinski definition) is 3. The third kappa shape index (κ3) is 3.04. The van der Waals surface area contributed by atoms with Gasteiger partial charge in [-0.05, 0) is 24.7 Å². The van der Waals surface area contributed by atoms with E-state index in [4.69, 9.17) is 11.6 Å². The van der Waals surface area contributed by atoms with Crippen molar-refractivity contribution in [2.75, 3.05) is 11.9 Å². The summed E-state index contributed by atoms with van der Waals surface area (Å²) in [5.41, 5.74) is 0.218. The molecule has 1 aromatic rings. The van der Waals surface area contributed by atoms with Crippen LogP contribution in [-0.2, 0) is 6.18 Å². The molecule has 0 unspecified atom stereocenters. The Morgan fingerprint density at radius 1 is 1.39 bits per heavy atom. The van der Waals surface area contributed by atoms with Gasteiger partial charge in [0.05, 0.1) is 0 Å². The molecule has 0 aromatic carbocycles. The van der Waals surface area contributed by atoms with Crippen LogP contribution in [0.3, 0.4) is 0 Å². The summed E-state index contributed by atoms with van der Waals surface area (Å²) in [6, 6.07) is 1.31. The zero-order valence-corrected chi connectivity index (χ0v) is 10.6. The number of nitrogens with one attached hydrogen (secondary N) is 1. The minimum absolute atomic E-state index is 0.127. The van der Waals surface area contributed by atoms with Gasteiger partial charge in [0.1, 0.15) is 11.0 Å². The molecule has 0 radical (unpaired) electrons. The van der Waals surface area contributed by atoms with Crippen LogP contribution in [-0.4, -0.2) is 16.5 Å². The number of anilines is 1. The Morgan fingerprint density at radius 3 is 2.56 bits per heavy atom. The first kappa shape index (κ1) is 13.4. The highest BCUT2D eigenvalue weighted by Crippen LogP contribution is 2.48. The summed E-state index contributed by atoms with van der Waals surface area (Å²) in [5, 5.41) is 2.71. The third-order valence-electron chi connectivity index (χ3n) is 3.30. The molecule has 1 aliphatic carbocycles. The lowest BCUT2D eigenvalue weighted by molar-refractivity contribution is -0.144. The standard InChI is InChI=1S/C11H13ClF3N3/c1-2-10(3-4-10)6-16-8-5-7(12)17-9(18-8)11(13,14)15/h5H,2-4,6H2,1H3,(H,16,17,18). The summed E-state index contributed by atoms with van der Waals surface area (Å²) in [7, 11) is 0. The first-order valence-electron chi connectivity index (χ1n) is 5.70. The van der Waals surface area contributed by atoms with E-state index in [9.17, 15) is 13.2 Å². The van der Waals surface area contributed by atoms with E-state index in [1.54, 1.807) is 0 Å². The fraction of sp³-hybridized carbons (Fsp3) is 0.636. The van der Waals surface area contributed by atoms with E-state index in [0.717, 1.165) is 19.3 Å². The van der Waals surface area contributed by atoms with Gasteiger partial charge in [-0.3, -0.25) is 0 Å². The van der Waals surface area contributed by atoms with E-state index >= 15 is 0 Å². The molecular formula is C11H13ClF3N3. The molecule has 0 amide bonds. The van der Waals surface area contributed by atoms with Crippen LogP contribution in [0.2, 0.25) is 5.15 Å². The number of nitrogens with zero attached hydrogens (tertiary/aromatic N) is 2. The number of alkyl halides is 3. The molecule has 100 valence electrons. The van der Waals surface area contributed by atoms with Crippen molar-refractivity contribution in [3.63, 3.8) is 0 Å². The lowest BCUT2D eigenvalue weighted by Crippen LogP contribution is -2.17. The van der Waals surface area contributed by atoms with Gasteiger partial charge < -0.3 is 5.32 Å². The van der Waals surface area contributed by atoms with Crippen LogP contribution in [0.15, 0.2) is 6.07 Å². The predicted molar refractivity (Wildman–Crippen MR) is 62.5 cm³/mol. The molecule has 1 heterocycles. The van der Waals surface area contributed by atoms with Crippen molar-refractivity contribution in [3.05, 3.63) is 17.0 Å². The molecule has 18 heavy (non-hydrogen) atoms. The second kappa shape index (κ2) is 4.57. The quantitative estimate of drug-likeness (QED) is 0.853. The van der Waals surface area contributed by atoms with Crippen LogP contribution in [0.25, 0.3) is 0 Å². The van der Waals surface area contributed by atoms with Crippen molar-refractivity contribution < 1.29 is 13.2 Å². The molecule has 1 aliphatic rings. The lowest BCUT2D eigenvalue weighted by Gasteiger charge is -2.14. The van der Waals surface area contributed by atoms with Crippen LogP contribution < -0.4 is 5.32 Å². The van der Waals surface area contributed by atoms with Crippen molar-refractivity contribution in [1.82, 2.24) is 9.97 Å². The molecule has 1 N–H and O–H groups in total. The Morgan fingerprint density at radius 2 is 2.06 bits per heavy atom. The lowest BCUT2D eigenvalue weighted by atomic mass is 10.0. The van der Waals surface area contributed by atoms with Gasteiger partial charge in [-0.2, -0.15) is 13.2 Å². The highest BCUT2D eigenvalue weighted by molar-refractivity contribution is 6.29. The molecule has 0 bridgehead atoms. The second-order valence-electron chi connectivity index (χ2n) is 4.60. The van der Waals surface area contributed by atoms with Crippen LogP contribution in [0.5, 0.6) is 0 Å². The molecule has 7 heteroatoms. The topological polar surface area (TPSA) is 37.8 Å². The van der Waals surface area contributed by atoms with E-state index in [1.165, 1.54) is 6.07 Å². The van der Waals surface area contributed by atoms with Crippen LogP contribution in [0.1, 0.15) is 32.0 Å². The molecule has 0 aliphatic heterocycles. The molecule has 3 nitrogen and oxygen atoms in total. The van der Waals surface area contributed by atoms with E-state index in [0.29, 0.717) is 6.54 Å². The Labute approximate surface area is 108 Å². The van der Waals surface area contributed by atoms with Crippen molar-refractivity contribution in [2.24, 2.45) is 5.41 Å². The number of hydrogen-bond donors (Lipinski definition) is 1. The first-order chi connectivity index (χ1) is 8.35. The van der Waals surface area contributed by atoms with Gasteiger partial charge in [0.2, 0.25) is 5.82 Å². The summed E-state index contributed by atoms with van der Waals surface area (Å²) < 4.78 is 37.5. The van der Waals surface area contributed by atoms with E-state index in [2.05, 4.69) is 22.2 Å². The smallest absolute Gasteiger partial charge is 0.369 e. The average molecular weight is 280 g/mol. The zero-order chi connectivity index (χ0) is 13.4. The molecule has 1 aromatic heterocycles. The van der Waals surface area contributed by atoms with E-state index in [1.807, 2.05) is 0 Å². The summed E-state index contributed by atoms with van der Waals surface area (Å²) in [6.45, 7) is 2.69. The van der Waals surface area contributed by atoms with Crippen molar-refractivity contribution >= 4 is 17.4 Å². The second-order valence-corrected chi connectivity index (χ2v) is 4.99. The van der Waals surface area contributed by atoms with Crippen molar-refractivity contribution in [2.45, 2.75) is 32.4 Å². The maximum Gasteiger partial charge on any atom is 0.451 e. The number of rotatable bonds is 4. The molecule has 0 atom stereocenters. The van der Waals surface area contributed by atoms with E-state index in [-0.39, 0.29) is 16.4 Å². The SMILES string of the molecule is CCC1(CNc2cc(Cl)nc(C(F)(F)F)n2)CC1. The normalized spacial score (nSPS) is 17.6. The highest BCUT2D eigenvalue weighted by atomic mass is 35.5. The monoisotopic (exact) mass is 279 g/mol. The van der Waals surface area contributed by atoms with Gasteiger partial charge in [-0.15, -0.1) is 0 Å². The molecule has 2 rings (SSSR count). The molecule has 1 saturated carbocycles. The molecule has 0 saturated heterocycles. The summed E-state index contributed by atoms with van der Waals surface area (Å²) in [4.78, 5) is 6.61. The summed E-state index contributed by atoms with van der Waals surface area (Å²) >= 11 is 5.56. The number of halogens is 4. The van der Waals surface area contributed by atoms with Gasteiger partial charge in [0.15, 0.2) is 0 Å². The third-order valence-corrected chi connectivity index (χ3v) is 3.49. The molecular weight excluding hydrogens is 267 g/mol. The largest absolute Gasteiger partial charge is 0.451 e. The minimum atomic E-state index is -4.58. The van der Waals surface area contributed by atoms with Crippen molar-refractivity contribution in [1.29, 1.82) is 0 Å². The van der Waals surface area contributed by atoms with Gasteiger partial charge in [0.25, 0.3) is 0 Å². The molecule has 1 fully saturated rings. The van der Waals surface area contributed by atoms with Crippen LogP contribution in [0, 0.1) is 5.41 Å². The van der Waals surface area contributed by atoms with Gasteiger partial charge in [-0.1, -0.05) is 18.5 Å². The summed E-state index contributed by atoms with van der Waals surface area (Å²) in [5.74, 6) is -1.08.